The molecule has 0 radical (unpaired) electrons. The third kappa shape index (κ3) is 4.90. The maximum atomic E-state index is 12.5. The average molecular weight is 413 g/mol. The number of halogens is 1. The molecule has 1 aliphatic heterocycles. The van der Waals surface area contributed by atoms with E-state index >= 15 is 0 Å². The van der Waals surface area contributed by atoms with Crippen molar-refractivity contribution in [1.29, 1.82) is 0 Å². The molecule has 154 valence electrons. The van der Waals surface area contributed by atoms with Crippen LogP contribution in [0.3, 0.4) is 0 Å². The second-order valence-electron chi connectivity index (χ2n) is 6.94. The molecule has 9 nitrogen and oxygen atoms in total. The number of aromatic nitrogens is 1. The molecule has 1 aliphatic rings. The van der Waals surface area contributed by atoms with E-state index in [1.165, 1.54) is 22.8 Å². The summed E-state index contributed by atoms with van der Waals surface area (Å²) in [5.41, 5.74) is 0.566. The van der Waals surface area contributed by atoms with Crippen LogP contribution in [0, 0.1) is 16.0 Å². The number of nitrogens with zero attached hydrogens (tertiary/aromatic N) is 3. The highest BCUT2D eigenvalue weighted by molar-refractivity contribution is 5.85. The summed E-state index contributed by atoms with van der Waals surface area (Å²) in [5.74, 6) is 0.0289. The molecule has 3 rings (SSSR count). The van der Waals surface area contributed by atoms with Crippen LogP contribution in [0.25, 0.3) is 11.1 Å². The van der Waals surface area contributed by atoms with Crippen molar-refractivity contribution in [1.82, 2.24) is 14.8 Å². The standard InChI is InChI=1S/C18H24N4O5.ClH/c1-19-11-13-4-2-8-20(12-13)17(23)5-3-9-21-15-7-6-14(22(25)26)10-16(15)27-18(21)24;/h6-7,10,13,19H,2-5,8-9,11-12H2,1H3;1H. The van der Waals surface area contributed by atoms with E-state index in [0.29, 0.717) is 30.8 Å². The summed E-state index contributed by atoms with van der Waals surface area (Å²) in [6.45, 7) is 2.81. The Balaban J connectivity index is 0.00000280. The van der Waals surface area contributed by atoms with Gasteiger partial charge in [-0.15, -0.1) is 12.4 Å². The number of aryl methyl sites for hydroxylation is 1. The first kappa shape index (κ1) is 21.9. The highest BCUT2D eigenvalue weighted by Gasteiger charge is 2.23. The number of nitro benzene ring substituents is 1. The molecule has 10 heteroatoms. The van der Waals surface area contributed by atoms with Gasteiger partial charge in [0.2, 0.25) is 5.91 Å². The summed E-state index contributed by atoms with van der Waals surface area (Å²) in [7, 11) is 1.92. The van der Waals surface area contributed by atoms with Crippen molar-refractivity contribution in [2.24, 2.45) is 5.92 Å². The lowest BCUT2D eigenvalue weighted by molar-refractivity contribution is -0.384. The summed E-state index contributed by atoms with van der Waals surface area (Å²) in [5, 5.41) is 14.0. The van der Waals surface area contributed by atoms with Crippen LogP contribution in [0.1, 0.15) is 25.7 Å². The van der Waals surface area contributed by atoms with Gasteiger partial charge in [-0.1, -0.05) is 0 Å². The van der Waals surface area contributed by atoms with Crippen molar-refractivity contribution in [2.75, 3.05) is 26.7 Å². The molecule has 1 aromatic carbocycles. The van der Waals surface area contributed by atoms with Crippen LogP contribution >= 0.6 is 12.4 Å². The molecule has 0 saturated carbocycles. The van der Waals surface area contributed by atoms with E-state index in [2.05, 4.69) is 5.32 Å². The van der Waals surface area contributed by atoms with E-state index in [1.54, 1.807) is 0 Å². The minimum atomic E-state index is -0.565. The van der Waals surface area contributed by atoms with Crippen molar-refractivity contribution in [2.45, 2.75) is 32.2 Å². The van der Waals surface area contributed by atoms with Crippen molar-refractivity contribution in [3.63, 3.8) is 0 Å². The topological polar surface area (TPSA) is 111 Å². The fourth-order valence-corrected chi connectivity index (χ4v) is 3.67. The minimum absolute atomic E-state index is 0. The number of nitrogens with one attached hydrogen (secondary N) is 1. The van der Waals surface area contributed by atoms with Gasteiger partial charge >= 0.3 is 5.76 Å². The van der Waals surface area contributed by atoms with Gasteiger partial charge in [-0.05, 0) is 44.8 Å². The smallest absolute Gasteiger partial charge is 0.407 e. The number of fused-ring (bicyclic) bond motifs is 1. The number of non-ortho nitro benzene ring substituents is 1. The van der Waals surface area contributed by atoms with Gasteiger partial charge in [-0.3, -0.25) is 19.5 Å². The van der Waals surface area contributed by atoms with Gasteiger partial charge in [-0.2, -0.15) is 0 Å². The number of rotatable bonds is 7. The largest absolute Gasteiger partial charge is 0.419 e. The van der Waals surface area contributed by atoms with Crippen LogP contribution in [0.4, 0.5) is 5.69 Å². The Bertz CT molecular complexity index is 892. The molecule has 0 aliphatic carbocycles. The van der Waals surface area contributed by atoms with Crippen molar-refractivity contribution in [3.05, 3.63) is 38.9 Å². The van der Waals surface area contributed by atoms with E-state index < -0.39 is 10.7 Å². The molecule has 1 atom stereocenters. The zero-order valence-electron chi connectivity index (χ0n) is 15.8. The normalized spacial score (nSPS) is 16.8. The summed E-state index contributed by atoms with van der Waals surface area (Å²) < 4.78 is 6.53. The van der Waals surface area contributed by atoms with Gasteiger partial charge < -0.3 is 14.6 Å². The second kappa shape index (κ2) is 9.70. The van der Waals surface area contributed by atoms with Crippen LogP contribution < -0.4 is 11.1 Å². The fraction of sp³-hybridized carbons (Fsp3) is 0.556. The molecule has 2 heterocycles. The summed E-state index contributed by atoms with van der Waals surface area (Å²) in [6, 6.07) is 4.09. The lowest BCUT2D eigenvalue weighted by Gasteiger charge is -2.32. The number of likely N-dealkylation sites (tertiary alicyclic amines) is 1. The lowest BCUT2D eigenvalue weighted by atomic mass is 9.97. The van der Waals surface area contributed by atoms with E-state index in [0.717, 1.165) is 32.5 Å². The van der Waals surface area contributed by atoms with E-state index in [9.17, 15) is 19.7 Å². The SMILES string of the molecule is CNCC1CCCN(C(=O)CCCn2c(=O)oc3cc([N+](=O)[O-])ccc32)C1.Cl. The van der Waals surface area contributed by atoms with E-state index in [-0.39, 0.29) is 29.6 Å². The molecule has 1 saturated heterocycles. The van der Waals surface area contributed by atoms with Crippen LogP contribution in [0.2, 0.25) is 0 Å². The van der Waals surface area contributed by atoms with Gasteiger partial charge in [0.25, 0.3) is 5.69 Å². The lowest BCUT2D eigenvalue weighted by Crippen LogP contribution is -2.42. The molecule has 1 N–H and O–H groups in total. The third-order valence-corrected chi connectivity index (χ3v) is 5.00. The molecular weight excluding hydrogens is 388 g/mol. The highest BCUT2D eigenvalue weighted by Crippen LogP contribution is 2.21. The second-order valence-corrected chi connectivity index (χ2v) is 6.94. The molecule has 1 fully saturated rings. The maximum Gasteiger partial charge on any atom is 0.419 e. The molecule has 2 aromatic rings. The number of amides is 1. The summed E-state index contributed by atoms with van der Waals surface area (Å²) in [6.07, 6.45) is 3.02. The molecule has 1 aromatic heterocycles. The van der Waals surface area contributed by atoms with Gasteiger partial charge in [-0.25, -0.2) is 4.79 Å². The Morgan fingerprint density at radius 3 is 2.93 bits per heavy atom. The van der Waals surface area contributed by atoms with Crippen LogP contribution in [0.5, 0.6) is 0 Å². The Hall–Kier alpha value is -2.39. The number of hydrogen-bond acceptors (Lipinski definition) is 6. The van der Waals surface area contributed by atoms with Crippen molar-refractivity contribution >= 4 is 35.1 Å². The van der Waals surface area contributed by atoms with E-state index in [4.69, 9.17) is 4.42 Å². The van der Waals surface area contributed by atoms with Gasteiger partial charge in [0.1, 0.15) is 0 Å². The predicted molar refractivity (Wildman–Crippen MR) is 107 cm³/mol. The maximum absolute atomic E-state index is 12.5. The molecule has 0 bridgehead atoms. The predicted octanol–water partition coefficient (Wildman–Crippen LogP) is 2.16. The van der Waals surface area contributed by atoms with Gasteiger partial charge in [0.05, 0.1) is 16.5 Å². The fourth-order valence-electron chi connectivity index (χ4n) is 3.67. The number of hydrogen-bond donors (Lipinski definition) is 1. The number of piperidine rings is 1. The first-order chi connectivity index (χ1) is 13.0. The highest BCUT2D eigenvalue weighted by atomic mass is 35.5. The number of oxazole rings is 1. The zero-order chi connectivity index (χ0) is 19.4. The van der Waals surface area contributed by atoms with E-state index in [1.807, 2.05) is 11.9 Å². The number of nitro groups is 1. The first-order valence-corrected chi connectivity index (χ1v) is 9.19. The van der Waals surface area contributed by atoms with Crippen LogP contribution in [-0.2, 0) is 11.3 Å². The first-order valence-electron chi connectivity index (χ1n) is 9.19. The quantitative estimate of drug-likeness (QED) is 0.551. The third-order valence-electron chi connectivity index (χ3n) is 5.00. The summed E-state index contributed by atoms with van der Waals surface area (Å²) >= 11 is 0. The van der Waals surface area contributed by atoms with Crippen LogP contribution in [-0.4, -0.2) is 47.0 Å². The minimum Gasteiger partial charge on any atom is -0.407 e. The average Bonchev–Trinajstić information content (AvgIpc) is 2.96. The summed E-state index contributed by atoms with van der Waals surface area (Å²) in [4.78, 5) is 36.7. The van der Waals surface area contributed by atoms with Gasteiger partial charge in [0.15, 0.2) is 5.58 Å². The Labute approximate surface area is 168 Å². The van der Waals surface area contributed by atoms with Crippen LogP contribution in [0.15, 0.2) is 27.4 Å². The Kier molecular flexibility index (Phi) is 7.59. The number of carbonyl (C=O) groups excluding carboxylic acids is 1. The number of benzene rings is 1. The van der Waals surface area contributed by atoms with Crippen molar-refractivity contribution < 1.29 is 14.1 Å². The molecule has 0 spiro atoms. The molecule has 1 unspecified atom stereocenters. The van der Waals surface area contributed by atoms with Gasteiger partial charge in [0, 0.05) is 32.1 Å². The Morgan fingerprint density at radius 1 is 1.43 bits per heavy atom. The monoisotopic (exact) mass is 412 g/mol. The Morgan fingerprint density at radius 2 is 2.21 bits per heavy atom. The molecular formula is C18H25ClN4O5. The van der Waals surface area contributed by atoms with Crippen molar-refractivity contribution in [3.8, 4) is 0 Å². The zero-order valence-corrected chi connectivity index (χ0v) is 16.6. The molecule has 1 amide bonds. The number of carbonyl (C=O) groups is 1. The molecule has 28 heavy (non-hydrogen) atoms.